The van der Waals surface area contributed by atoms with Crippen LogP contribution in [0.15, 0.2) is 5.16 Å². The molecule has 0 aromatic rings. The summed E-state index contributed by atoms with van der Waals surface area (Å²) in [6.45, 7) is 7.61. The second kappa shape index (κ2) is 5.57. The first kappa shape index (κ1) is 10.9. The molecule has 0 aliphatic rings. The quantitative estimate of drug-likeness (QED) is 0.400. The van der Waals surface area contributed by atoms with Crippen molar-refractivity contribution in [2.24, 2.45) is 11.1 Å². The van der Waals surface area contributed by atoms with Crippen molar-refractivity contribution in [1.29, 1.82) is 0 Å². The summed E-state index contributed by atoms with van der Waals surface area (Å²) in [6, 6.07) is 0.0757. The van der Waals surface area contributed by atoms with Crippen LogP contribution in [0.5, 0.6) is 0 Å². The smallest absolute Gasteiger partial charge is 0.317 e. The minimum atomic E-state index is -0.512. The average molecular weight is 172 g/mol. The van der Waals surface area contributed by atoms with Crippen LogP contribution >= 0.6 is 0 Å². The Morgan fingerprint density at radius 3 is 2.42 bits per heavy atom. The van der Waals surface area contributed by atoms with Gasteiger partial charge in [-0.05, 0) is 19.8 Å². The summed E-state index contributed by atoms with van der Waals surface area (Å²) in [7, 11) is 0. The second-order valence-electron chi connectivity index (χ2n) is 3.18. The molecule has 0 atom stereocenters. The second-order valence-corrected chi connectivity index (χ2v) is 3.18. The lowest BCUT2D eigenvalue weighted by atomic mass is 10.3. The minimum Gasteiger partial charge on any atom is -0.317 e. The van der Waals surface area contributed by atoms with Crippen molar-refractivity contribution in [2.75, 3.05) is 0 Å². The fraction of sp³-hybridized carbons (Fsp3) is 0.750. The largest absolute Gasteiger partial charge is 0.433 e. The summed E-state index contributed by atoms with van der Waals surface area (Å²) < 4.78 is 0. The Balaban J connectivity index is 3.57. The van der Waals surface area contributed by atoms with Crippen molar-refractivity contribution in [3.05, 3.63) is 0 Å². The Labute approximate surface area is 73.0 Å². The number of rotatable bonds is 3. The predicted octanol–water partition coefficient (Wildman–Crippen LogP) is 1.76. The van der Waals surface area contributed by atoms with Gasteiger partial charge in [-0.25, -0.2) is 4.79 Å². The standard InChI is InChI=1S/C8H16N2O2/c1-6(2)5-9-12-8(11)10-7(3)4/h5-7H,1-4H3,(H,10,11)/b9-5+. The highest BCUT2D eigenvalue weighted by molar-refractivity contribution is 5.68. The van der Waals surface area contributed by atoms with E-state index >= 15 is 0 Å². The van der Waals surface area contributed by atoms with E-state index in [4.69, 9.17) is 0 Å². The Morgan fingerprint density at radius 1 is 1.42 bits per heavy atom. The maximum Gasteiger partial charge on any atom is 0.433 e. The molecule has 4 nitrogen and oxygen atoms in total. The molecule has 0 rings (SSSR count). The number of carbonyl (C=O) groups is 1. The fourth-order valence-electron chi connectivity index (χ4n) is 0.462. The third-order valence-electron chi connectivity index (χ3n) is 0.901. The molecule has 0 spiro atoms. The van der Waals surface area contributed by atoms with Crippen LogP contribution in [-0.4, -0.2) is 18.3 Å². The molecule has 0 heterocycles. The van der Waals surface area contributed by atoms with Gasteiger partial charge in [-0.1, -0.05) is 19.0 Å². The molecule has 0 aromatic heterocycles. The lowest BCUT2D eigenvalue weighted by Crippen LogP contribution is -2.29. The molecule has 4 heteroatoms. The summed E-state index contributed by atoms with van der Waals surface area (Å²) >= 11 is 0. The summed E-state index contributed by atoms with van der Waals surface area (Å²) in [5, 5.41) is 6.03. The SMILES string of the molecule is CC(C)/C=N/OC(=O)NC(C)C. The van der Waals surface area contributed by atoms with Gasteiger partial charge in [0.1, 0.15) is 0 Å². The summed E-state index contributed by atoms with van der Waals surface area (Å²) in [5.74, 6) is 0.289. The number of carbonyl (C=O) groups excluding carboxylic acids is 1. The van der Waals surface area contributed by atoms with Crippen molar-refractivity contribution in [3.63, 3.8) is 0 Å². The first-order valence-electron chi connectivity index (χ1n) is 4.03. The number of nitrogens with one attached hydrogen (secondary N) is 1. The Morgan fingerprint density at radius 2 is 2.00 bits per heavy atom. The van der Waals surface area contributed by atoms with Gasteiger partial charge in [0.2, 0.25) is 0 Å². The van der Waals surface area contributed by atoms with Gasteiger partial charge in [-0.15, -0.1) is 0 Å². The van der Waals surface area contributed by atoms with Gasteiger partial charge in [0, 0.05) is 12.3 Å². The van der Waals surface area contributed by atoms with Gasteiger partial charge in [-0.3, -0.25) is 4.84 Å². The van der Waals surface area contributed by atoms with Crippen LogP contribution in [0, 0.1) is 5.92 Å². The molecule has 0 saturated carbocycles. The highest BCUT2D eigenvalue weighted by Gasteiger charge is 2.01. The summed E-state index contributed by atoms with van der Waals surface area (Å²) in [6.07, 6.45) is 1.06. The Bertz CT molecular complexity index is 164. The van der Waals surface area contributed by atoms with Gasteiger partial charge in [0.05, 0.1) is 0 Å². The van der Waals surface area contributed by atoms with Crippen LogP contribution in [-0.2, 0) is 4.84 Å². The zero-order valence-electron chi connectivity index (χ0n) is 8.00. The first-order chi connectivity index (χ1) is 5.52. The number of hydrogen-bond acceptors (Lipinski definition) is 3. The van der Waals surface area contributed by atoms with E-state index in [9.17, 15) is 4.79 Å². The molecule has 0 fully saturated rings. The van der Waals surface area contributed by atoms with Gasteiger partial charge in [0.15, 0.2) is 0 Å². The molecule has 0 radical (unpaired) electrons. The number of amides is 1. The van der Waals surface area contributed by atoms with E-state index in [1.165, 1.54) is 0 Å². The fourth-order valence-corrected chi connectivity index (χ4v) is 0.462. The van der Waals surface area contributed by atoms with Crippen LogP contribution in [0.25, 0.3) is 0 Å². The third kappa shape index (κ3) is 7.05. The highest BCUT2D eigenvalue weighted by atomic mass is 16.7. The Hall–Kier alpha value is -1.06. The molecule has 0 bridgehead atoms. The van der Waals surface area contributed by atoms with Crippen molar-refractivity contribution in [1.82, 2.24) is 5.32 Å². The van der Waals surface area contributed by atoms with Crippen LogP contribution in [0.2, 0.25) is 0 Å². The zero-order valence-corrected chi connectivity index (χ0v) is 8.00. The van der Waals surface area contributed by atoms with Gasteiger partial charge in [0.25, 0.3) is 0 Å². The number of oxime groups is 1. The van der Waals surface area contributed by atoms with Gasteiger partial charge >= 0.3 is 6.09 Å². The van der Waals surface area contributed by atoms with E-state index in [2.05, 4.69) is 15.3 Å². The van der Waals surface area contributed by atoms with Crippen LogP contribution in [0.3, 0.4) is 0 Å². The van der Waals surface area contributed by atoms with Crippen molar-refractivity contribution in [2.45, 2.75) is 33.7 Å². The molecule has 0 aliphatic carbocycles. The number of nitrogens with zero attached hydrogens (tertiary/aromatic N) is 1. The summed E-state index contributed by atoms with van der Waals surface area (Å²) in [4.78, 5) is 15.3. The lowest BCUT2D eigenvalue weighted by molar-refractivity contribution is 0.148. The van der Waals surface area contributed by atoms with E-state index < -0.39 is 6.09 Å². The molecule has 0 unspecified atom stereocenters. The maximum absolute atomic E-state index is 10.8. The van der Waals surface area contributed by atoms with E-state index in [0.717, 1.165) is 0 Å². The molecule has 12 heavy (non-hydrogen) atoms. The Kier molecular flexibility index (Phi) is 5.08. The highest BCUT2D eigenvalue weighted by Crippen LogP contribution is 1.87. The minimum absolute atomic E-state index is 0.0757. The van der Waals surface area contributed by atoms with Crippen molar-refractivity contribution < 1.29 is 9.63 Å². The van der Waals surface area contributed by atoms with Crippen LogP contribution in [0.1, 0.15) is 27.7 Å². The number of hydrogen-bond donors (Lipinski definition) is 1. The van der Waals surface area contributed by atoms with E-state index in [-0.39, 0.29) is 12.0 Å². The lowest BCUT2D eigenvalue weighted by Gasteiger charge is -2.04. The molecular formula is C8H16N2O2. The summed E-state index contributed by atoms with van der Waals surface area (Å²) in [5.41, 5.74) is 0. The molecule has 0 aliphatic heterocycles. The molecule has 1 N–H and O–H groups in total. The predicted molar refractivity (Wildman–Crippen MR) is 48.1 cm³/mol. The molecule has 0 saturated heterocycles. The monoisotopic (exact) mass is 172 g/mol. The average Bonchev–Trinajstić information content (AvgIpc) is 1.84. The van der Waals surface area contributed by atoms with E-state index in [1.54, 1.807) is 6.21 Å². The van der Waals surface area contributed by atoms with Crippen molar-refractivity contribution >= 4 is 12.3 Å². The van der Waals surface area contributed by atoms with Crippen LogP contribution in [0.4, 0.5) is 4.79 Å². The topological polar surface area (TPSA) is 50.7 Å². The molecule has 70 valence electrons. The zero-order chi connectivity index (χ0) is 9.56. The first-order valence-corrected chi connectivity index (χ1v) is 4.03. The normalized spacial score (nSPS) is 11.2. The van der Waals surface area contributed by atoms with E-state index in [1.807, 2.05) is 27.7 Å². The van der Waals surface area contributed by atoms with E-state index in [0.29, 0.717) is 0 Å². The molecule has 0 aromatic carbocycles. The van der Waals surface area contributed by atoms with Crippen molar-refractivity contribution in [3.8, 4) is 0 Å². The molecule has 1 amide bonds. The molecular weight excluding hydrogens is 156 g/mol. The van der Waals surface area contributed by atoms with Crippen LogP contribution < -0.4 is 5.32 Å². The maximum atomic E-state index is 10.8. The van der Waals surface area contributed by atoms with Gasteiger partial charge < -0.3 is 5.32 Å². The third-order valence-corrected chi connectivity index (χ3v) is 0.901. The van der Waals surface area contributed by atoms with Gasteiger partial charge in [-0.2, -0.15) is 0 Å².